The summed E-state index contributed by atoms with van der Waals surface area (Å²) in [5, 5.41) is 0. The van der Waals surface area contributed by atoms with Crippen molar-refractivity contribution in [1.29, 1.82) is 0 Å². The molecule has 1 aromatic carbocycles. The molecule has 26 heavy (non-hydrogen) atoms. The van der Waals surface area contributed by atoms with Gasteiger partial charge in [0.2, 0.25) is 0 Å². The van der Waals surface area contributed by atoms with E-state index < -0.39 is 15.7 Å². The van der Waals surface area contributed by atoms with Gasteiger partial charge >= 0.3 is 0 Å². The van der Waals surface area contributed by atoms with Crippen molar-refractivity contribution in [2.75, 3.05) is 29.5 Å². The monoisotopic (exact) mass is 377 g/mol. The topological polar surface area (TPSA) is 124 Å². The third-order valence-electron chi connectivity index (χ3n) is 4.84. The molecular weight excluding hydrogens is 354 g/mol. The zero-order chi connectivity index (χ0) is 18.9. The molecule has 0 aliphatic carbocycles. The van der Waals surface area contributed by atoms with Gasteiger partial charge < -0.3 is 20.9 Å². The average molecular weight is 377 g/mol. The molecule has 2 heterocycles. The van der Waals surface area contributed by atoms with Gasteiger partial charge in [0.25, 0.3) is 5.91 Å². The number of benzene rings is 1. The minimum Gasteiger partial charge on any atom is -0.383 e. The zero-order valence-electron chi connectivity index (χ0n) is 14.6. The summed E-state index contributed by atoms with van der Waals surface area (Å²) in [6.07, 6.45) is 3.07. The lowest BCUT2D eigenvalue weighted by Gasteiger charge is -2.35. The van der Waals surface area contributed by atoms with Crippen LogP contribution in [0, 0.1) is 0 Å². The molecule has 0 bridgehead atoms. The Morgan fingerprint density at radius 2 is 1.92 bits per heavy atom. The molecule has 3 rings (SSSR count). The number of carbonyl (C=O) groups is 1. The van der Waals surface area contributed by atoms with Gasteiger partial charge in [-0.3, -0.25) is 4.79 Å². The SMILES string of the molecule is CCS(=O)(=O)c1ccccc1N1CCC(n2cnc(C(N)=O)c2N)CC1. The molecule has 0 atom stereocenters. The molecule has 0 saturated carbocycles. The lowest BCUT2D eigenvalue weighted by atomic mass is 10.0. The molecule has 140 valence electrons. The Labute approximate surface area is 152 Å². The Balaban J connectivity index is 1.79. The molecule has 9 heteroatoms. The van der Waals surface area contributed by atoms with E-state index in [1.807, 2.05) is 12.1 Å². The Morgan fingerprint density at radius 1 is 1.27 bits per heavy atom. The molecule has 1 saturated heterocycles. The summed E-state index contributed by atoms with van der Waals surface area (Å²) in [6, 6.07) is 7.20. The van der Waals surface area contributed by atoms with Crippen LogP contribution in [0.4, 0.5) is 11.5 Å². The fraction of sp³-hybridized carbons (Fsp3) is 0.412. The summed E-state index contributed by atoms with van der Waals surface area (Å²) in [5.41, 5.74) is 12.1. The molecule has 0 radical (unpaired) electrons. The summed E-state index contributed by atoms with van der Waals surface area (Å²) >= 11 is 0. The predicted octanol–water partition coefficient (Wildman–Crippen LogP) is 1.20. The quantitative estimate of drug-likeness (QED) is 0.807. The number of para-hydroxylation sites is 1. The van der Waals surface area contributed by atoms with Crippen molar-refractivity contribution in [3.63, 3.8) is 0 Å². The standard InChI is InChI=1S/C17H23N5O3S/c1-2-26(24,25)14-6-4-3-5-13(14)21-9-7-12(8-10-21)22-11-20-15(16(22)18)17(19)23/h3-6,11-12H,2,7-10,18H2,1H3,(H2,19,23). The highest BCUT2D eigenvalue weighted by molar-refractivity contribution is 7.91. The molecular formula is C17H23N5O3S. The maximum atomic E-state index is 12.4. The van der Waals surface area contributed by atoms with Crippen molar-refractivity contribution in [3.8, 4) is 0 Å². The van der Waals surface area contributed by atoms with E-state index >= 15 is 0 Å². The van der Waals surface area contributed by atoms with E-state index in [2.05, 4.69) is 9.88 Å². The molecule has 1 amide bonds. The van der Waals surface area contributed by atoms with Crippen LogP contribution in [0.2, 0.25) is 0 Å². The van der Waals surface area contributed by atoms with Gasteiger partial charge in [0.15, 0.2) is 15.5 Å². The molecule has 4 N–H and O–H groups in total. The highest BCUT2D eigenvalue weighted by Crippen LogP contribution is 2.32. The number of aromatic nitrogens is 2. The van der Waals surface area contributed by atoms with Crippen molar-refractivity contribution in [3.05, 3.63) is 36.3 Å². The maximum Gasteiger partial charge on any atom is 0.271 e. The van der Waals surface area contributed by atoms with Crippen LogP contribution in [0.25, 0.3) is 0 Å². The van der Waals surface area contributed by atoms with Crippen molar-refractivity contribution >= 4 is 27.2 Å². The first-order chi connectivity index (χ1) is 12.3. The number of carbonyl (C=O) groups excluding carboxylic acids is 1. The number of primary amides is 1. The Hall–Kier alpha value is -2.55. The van der Waals surface area contributed by atoms with Crippen LogP contribution in [-0.4, -0.2) is 42.7 Å². The van der Waals surface area contributed by atoms with E-state index in [0.29, 0.717) is 18.0 Å². The van der Waals surface area contributed by atoms with Gasteiger partial charge in [-0.15, -0.1) is 0 Å². The van der Waals surface area contributed by atoms with Gasteiger partial charge in [0.05, 0.1) is 22.7 Å². The van der Waals surface area contributed by atoms with Crippen molar-refractivity contribution in [2.24, 2.45) is 5.73 Å². The highest BCUT2D eigenvalue weighted by Gasteiger charge is 2.27. The number of piperidine rings is 1. The van der Waals surface area contributed by atoms with Crippen LogP contribution in [0.15, 0.2) is 35.5 Å². The van der Waals surface area contributed by atoms with Crippen LogP contribution in [0.5, 0.6) is 0 Å². The fourth-order valence-electron chi connectivity index (χ4n) is 3.37. The Bertz CT molecular complexity index is 914. The number of hydrogen-bond acceptors (Lipinski definition) is 6. The summed E-state index contributed by atoms with van der Waals surface area (Å²) < 4.78 is 26.5. The molecule has 2 aromatic rings. The number of nitrogen functional groups attached to an aromatic ring is 1. The maximum absolute atomic E-state index is 12.4. The molecule has 1 aromatic heterocycles. The zero-order valence-corrected chi connectivity index (χ0v) is 15.4. The third kappa shape index (κ3) is 3.26. The van der Waals surface area contributed by atoms with Crippen molar-refractivity contribution in [1.82, 2.24) is 9.55 Å². The number of anilines is 2. The molecule has 0 unspecified atom stereocenters. The molecule has 1 aliphatic heterocycles. The van der Waals surface area contributed by atoms with Crippen molar-refractivity contribution in [2.45, 2.75) is 30.7 Å². The normalized spacial score (nSPS) is 16.0. The second-order valence-corrected chi connectivity index (χ2v) is 8.59. The van der Waals surface area contributed by atoms with E-state index in [0.717, 1.165) is 18.5 Å². The van der Waals surface area contributed by atoms with Crippen LogP contribution >= 0.6 is 0 Å². The fourth-order valence-corrected chi connectivity index (χ4v) is 4.49. The van der Waals surface area contributed by atoms with Crippen LogP contribution in [0.3, 0.4) is 0 Å². The van der Waals surface area contributed by atoms with Crippen LogP contribution < -0.4 is 16.4 Å². The van der Waals surface area contributed by atoms with Crippen molar-refractivity contribution < 1.29 is 13.2 Å². The minimum absolute atomic E-state index is 0.0714. The van der Waals surface area contributed by atoms with E-state index in [-0.39, 0.29) is 23.3 Å². The van der Waals surface area contributed by atoms with E-state index in [1.54, 1.807) is 30.0 Å². The van der Waals surface area contributed by atoms with E-state index in [9.17, 15) is 13.2 Å². The van der Waals surface area contributed by atoms with Gasteiger partial charge in [-0.25, -0.2) is 13.4 Å². The predicted molar refractivity (Wildman–Crippen MR) is 99.8 cm³/mol. The smallest absolute Gasteiger partial charge is 0.271 e. The molecule has 1 fully saturated rings. The lowest BCUT2D eigenvalue weighted by Crippen LogP contribution is -2.35. The first kappa shape index (κ1) is 18.2. The summed E-state index contributed by atoms with van der Waals surface area (Å²) in [7, 11) is -3.29. The summed E-state index contributed by atoms with van der Waals surface area (Å²) in [4.78, 5) is 17.8. The summed E-state index contributed by atoms with van der Waals surface area (Å²) in [6.45, 7) is 3.02. The number of rotatable bonds is 5. The van der Waals surface area contributed by atoms with E-state index in [1.165, 1.54) is 0 Å². The van der Waals surface area contributed by atoms with Gasteiger partial charge in [0.1, 0.15) is 5.82 Å². The van der Waals surface area contributed by atoms with Gasteiger partial charge in [-0.05, 0) is 25.0 Å². The molecule has 8 nitrogen and oxygen atoms in total. The number of nitrogens with zero attached hydrogens (tertiary/aromatic N) is 3. The second-order valence-electron chi connectivity index (χ2n) is 6.34. The average Bonchev–Trinajstić information content (AvgIpc) is 3.03. The lowest BCUT2D eigenvalue weighted by molar-refractivity contribution is 0.0997. The largest absolute Gasteiger partial charge is 0.383 e. The third-order valence-corrected chi connectivity index (χ3v) is 6.62. The summed E-state index contributed by atoms with van der Waals surface area (Å²) in [5.74, 6) is -0.288. The minimum atomic E-state index is -3.29. The number of imidazole rings is 1. The second kappa shape index (κ2) is 6.99. The number of nitrogens with two attached hydrogens (primary N) is 2. The molecule has 1 aliphatic rings. The van der Waals surface area contributed by atoms with Crippen LogP contribution in [-0.2, 0) is 9.84 Å². The Kier molecular flexibility index (Phi) is 4.90. The first-order valence-electron chi connectivity index (χ1n) is 8.54. The first-order valence-corrected chi connectivity index (χ1v) is 10.2. The number of sulfone groups is 1. The van der Waals surface area contributed by atoms with E-state index in [4.69, 9.17) is 11.5 Å². The van der Waals surface area contributed by atoms with Gasteiger partial charge in [-0.1, -0.05) is 19.1 Å². The number of amides is 1. The Morgan fingerprint density at radius 3 is 2.50 bits per heavy atom. The van der Waals surface area contributed by atoms with Gasteiger partial charge in [0, 0.05) is 19.1 Å². The molecule has 0 spiro atoms. The highest BCUT2D eigenvalue weighted by atomic mass is 32.2. The van der Waals surface area contributed by atoms with Gasteiger partial charge in [-0.2, -0.15) is 0 Å². The van der Waals surface area contributed by atoms with Crippen LogP contribution in [0.1, 0.15) is 36.3 Å². The number of hydrogen-bond donors (Lipinski definition) is 2.